The molecule has 0 bridgehead atoms. The molecule has 4 N–H and O–H groups in total. The van der Waals surface area contributed by atoms with Crippen LogP contribution in [-0.2, 0) is 16.1 Å². The summed E-state index contributed by atoms with van der Waals surface area (Å²) in [4.78, 5) is 23.1. The summed E-state index contributed by atoms with van der Waals surface area (Å²) in [7, 11) is 0. The van der Waals surface area contributed by atoms with Crippen LogP contribution in [0.3, 0.4) is 0 Å². The van der Waals surface area contributed by atoms with Gasteiger partial charge in [0.2, 0.25) is 11.8 Å². The van der Waals surface area contributed by atoms with E-state index < -0.39 is 0 Å². The molecule has 0 radical (unpaired) electrons. The molecule has 0 saturated carbocycles. The van der Waals surface area contributed by atoms with E-state index in [2.05, 4.69) is 15.7 Å². The third kappa shape index (κ3) is 4.56. The number of nitrogen functional groups attached to an aromatic ring is 1. The van der Waals surface area contributed by atoms with Gasteiger partial charge in [0, 0.05) is 19.0 Å². The van der Waals surface area contributed by atoms with E-state index >= 15 is 0 Å². The monoisotopic (exact) mass is 281 g/mol. The number of nitrogens with zero attached hydrogens (tertiary/aromatic N) is 2. The molecule has 1 aromatic rings. The van der Waals surface area contributed by atoms with Gasteiger partial charge in [0.25, 0.3) is 0 Å². The maximum Gasteiger partial charge on any atom is 0.241 e. The lowest BCUT2D eigenvalue weighted by atomic mass is 10.3. The summed E-state index contributed by atoms with van der Waals surface area (Å²) in [6.45, 7) is 7.82. The van der Waals surface area contributed by atoms with E-state index in [0.717, 1.165) is 5.69 Å². The maximum atomic E-state index is 11.7. The SMILES string of the molecule is Cc1nn(CC(=O)NCCC(=O)NC(C)C)c(C)c1N. The third-order valence-corrected chi connectivity index (χ3v) is 2.85. The van der Waals surface area contributed by atoms with E-state index in [4.69, 9.17) is 5.73 Å². The fourth-order valence-electron chi connectivity index (χ4n) is 1.77. The van der Waals surface area contributed by atoms with Crippen molar-refractivity contribution >= 4 is 17.5 Å². The van der Waals surface area contributed by atoms with Crippen molar-refractivity contribution in [1.82, 2.24) is 20.4 Å². The molecule has 0 aromatic carbocycles. The van der Waals surface area contributed by atoms with Gasteiger partial charge in [-0.15, -0.1) is 0 Å². The van der Waals surface area contributed by atoms with Crippen LogP contribution < -0.4 is 16.4 Å². The van der Waals surface area contributed by atoms with E-state index in [1.807, 2.05) is 20.8 Å². The quantitative estimate of drug-likeness (QED) is 0.689. The molecule has 0 atom stereocenters. The normalized spacial score (nSPS) is 10.7. The highest BCUT2D eigenvalue weighted by Gasteiger charge is 2.11. The minimum absolute atomic E-state index is 0.0735. The number of nitrogens with one attached hydrogen (secondary N) is 2. The van der Waals surface area contributed by atoms with Gasteiger partial charge in [-0.1, -0.05) is 0 Å². The predicted octanol–water partition coefficient (Wildman–Crippen LogP) is 0.113. The highest BCUT2D eigenvalue weighted by atomic mass is 16.2. The summed E-state index contributed by atoms with van der Waals surface area (Å²) in [6, 6.07) is 0.107. The lowest BCUT2D eigenvalue weighted by Gasteiger charge is -2.09. The molecular weight excluding hydrogens is 258 g/mol. The molecule has 7 nitrogen and oxygen atoms in total. The minimum atomic E-state index is -0.187. The molecular formula is C13H23N5O2. The van der Waals surface area contributed by atoms with E-state index in [0.29, 0.717) is 17.9 Å². The van der Waals surface area contributed by atoms with Crippen molar-refractivity contribution in [3.05, 3.63) is 11.4 Å². The largest absolute Gasteiger partial charge is 0.396 e. The smallest absolute Gasteiger partial charge is 0.241 e. The van der Waals surface area contributed by atoms with Gasteiger partial charge in [-0.2, -0.15) is 5.10 Å². The summed E-state index contributed by atoms with van der Waals surface area (Å²) in [5, 5.41) is 9.64. The fraction of sp³-hybridized carbons (Fsp3) is 0.615. The van der Waals surface area contributed by atoms with Crippen LogP contribution in [0.5, 0.6) is 0 Å². The maximum absolute atomic E-state index is 11.7. The number of aromatic nitrogens is 2. The van der Waals surface area contributed by atoms with Crippen LogP contribution in [-0.4, -0.2) is 34.2 Å². The van der Waals surface area contributed by atoms with Gasteiger partial charge >= 0.3 is 0 Å². The standard InChI is InChI=1S/C13H23N5O2/c1-8(2)16-11(19)5-6-15-12(20)7-18-10(4)13(14)9(3)17-18/h8H,5-7,14H2,1-4H3,(H,15,20)(H,16,19). The van der Waals surface area contributed by atoms with Crippen molar-refractivity contribution < 1.29 is 9.59 Å². The lowest BCUT2D eigenvalue weighted by molar-refractivity contribution is -0.123. The van der Waals surface area contributed by atoms with Gasteiger partial charge in [-0.3, -0.25) is 14.3 Å². The molecule has 7 heteroatoms. The van der Waals surface area contributed by atoms with E-state index in [1.165, 1.54) is 0 Å². The average molecular weight is 281 g/mol. The molecule has 0 spiro atoms. The second kappa shape index (κ2) is 6.93. The zero-order chi connectivity index (χ0) is 15.3. The van der Waals surface area contributed by atoms with Crippen molar-refractivity contribution in [1.29, 1.82) is 0 Å². The van der Waals surface area contributed by atoms with E-state index in [-0.39, 0.29) is 30.8 Å². The Morgan fingerprint density at radius 2 is 1.95 bits per heavy atom. The number of hydrogen-bond donors (Lipinski definition) is 3. The molecule has 2 amide bonds. The highest BCUT2D eigenvalue weighted by molar-refractivity contribution is 5.79. The summed E-state index contributed by atoms with van der Waals surface area (Å²) in [6.07, 6.45) is 0.267. The van der Waals surface area contributed by atoms with E-state index in [9.17, 15) is 9.59 Å². The van der Waals surface area contributed by atoms with Gasteiger partial charge in [0.15, 0.2) is 0 Å². The van der Waals surface area contributed by atoms with Crippen LogP contribution in [0.1, 0.15) is 31.7 Å². The number of amides is 2. The number of nitrogens with two attached hydrogens (primary N) is 1. The Bertz CT molecular complexity index is 493. The molecule has 0 fully saturated rings. The van der Waals surface area contributed by atoms with Gasteiger partial charge in [-0.05, 0) is 27.7 Å². The van der Waals surface area contributed by atoms with Gasteiger partial charge in [0.05, 0.1) is 17.1 Å². The third-order valence-electron chi connectivity index (χ3n) is 2.85. The van der Waals surface area contributed by atoms with Gasteiger partial charge in [-0.25, -0.2) is 0 Å². The molecule has 0 saturated heterocycles. The first-order valence-electron chi connectivity index (χ1n) is 6.66. The molecule has 1 heterocycles. The lowest BCUT2D eigenvalue weighted by Crippen LogP contribution is -2.35. The zero-order valence-electron chi connectivity index (χ0n) is 12.5. The Labute approximate surface area is 118 Å². The van der Waals surface area contributed by atoms with Crippen LogP contribution in [0.25, 0.3) is 0 Å². The average Bonchev–Trinajstić information content (AvgIpc) is 2.56. The number of hydrogen-bond acceptors (Lipinski definition) is 4. The van der Waals surface area contributed by atoms with Crippen molar-refractivity contribution in [2.75, 3.05) is 12.3 Å². The molecule has 0 aliphatic rings. The minimum Gasteiger partial charge on any atom is -0.396 e. The van der Waals surface area contributed by atoms with Crippen molar-refractivity contribution in [2.24, 2.45) is 0 Å². The summed E-state index contributed by atoms with van der Waals surface area (Å²) in [5.41, 5.74) is 7.89. The zero-order valence-corrected chi connectivity index (χ0v) is 12.5. The first-order chi connectivity index (χ1) is 9.31. The molecule has 0 aliphatic heterocycles. The Morgan fingerprint density at radius 3 is 2.45 bits per heavy atom. The van der Waals surface area contributed by atoms with Crippen LogP contribution >= 0.6 is 0 Å². The Hall–Kier alpha value is -2.05. The summed E-state index contributed by atoms with van der Waals surface area (Å²) >= 11 is 0. The molecule has 0 aliphatic carbocycles. The second-order valence-corrected chi connectivity index (χ2v) is 5.06. The van der Waals surface area contributed by atoms with Crippen LogP contribution in [0.2, 0.25) is 0 Å². The fourth-order valence-corrected chi connectivity index (χ4v) is 1.77. The Morgan fingerprint density at radius 1 is 1.30 bits per heavy atom. The van der Waals surface area contributed by atoms with Crippen molar-refractivity contribution in [3.8, 4) is 0 Å². The number of carbonyl (C=O) groups excluding carboxylic acids is 2. The second-order valence-electron chi connectivity index (χ2n) is 5.06. The number of carbonyl (C=O) groups is 2. The first-order valence-corrected chi connectivity index (χ1v) is 6.66. The Balaban J connectivity index is 2.37. The van der Waals surface area contributed by atoms with E-state index in [1.54, 1.807) is 11.6 Å². The molecule has 1 aromatic heterocycles. The summed E-state index contributed by atoms with van der Waals surface area (Å²) in [5.74, 6) is -0.261. The molecule has 0 unspecified atom stereocenters. The van der Waals surface area contributed by atoms with Crippen LogP contribution in [0, 0.1) is 13.8 Å². The molecule has 1 rings (SSSR count). The highest BCUT2D eigenvalue weighted by Crippen LogP contribution is 2.14. The predicted molar refractivity (Wildman–Crippen MR) is 77.0 cm³/mol. The number of anilines is 1. The van der Waals surface area contributed by atoms with Crippen LogP contribution in [0.15, 0.2) is 0 Å². The topological polar surface area (TPSA) is 102 Å². The number of aryl methyl sites for hydroxylation is 1. The molecule has 20 heavy (non-hydrogen) atoms. The van der Waals surface area contributed by atoms with Crippen molar-refractivity contribution in [2.45, 2.75) is 46.7 Å². The van der Waals surface area contributed by atoms with Crippen LogP contribution in [0.4, 0.5) is 5.69 Å². The van der Waals surface area contributed by atoms with Crippen molar-refractivity contribution in [3.63, 3.8) is 0 Å². The first kappa shape index (κ1) is 16.0. The number of rotatable bonds is 6. The Kier molecular flexibility index (Phi) is 5.54. The molecule has 112 valence electrons. The van der Waals surface area contributed by atoms with Gasteiger partial charge in [0.1, 0.15) is 6.54 Å². The summed E-state index contributed by atoms with van der Waals surface area (Å²) < 4.78 is 1.56. The van der Waals surface area contributed by atoms with Gasteiger partial charge < -0.3 is 16.4 Å².